The first kappa shape index (κ1) is 22.8. The number of nitrogens with zero attached hydrogens (tertiary/aromatic N) is 5. The number of aromatic nitrogens is 4. The summed E-state index contributed by atoms with van der Waals surface area (Å²) in [6.45, 7) is 1.21. The van der Waals surface area contributed by atoms with Crippen molar-refractivity contribution in [3.05, 3.63) is 66.2 Å². The van der Waals surface area contributed by atoms with Gasteiger partial charge in [0.1, 0.15) is 11.5 Å². The minimum atomic E-state index is -0.0303. The normalized spacial score (nSPS) is 19.3. The number of benzene rings is 2. The Hall–Kier alpha value is -4.01. The fraction of sp³-hybridized carbons (Fsp3) is 0.346. The van der Waals surface area contributed by atoms with E-state index in [1.54, 1.807) is 7.05 Å². The number of hydrazone groups is 1. The molecule has 0 unspecified atom stereocenters. The summed E-state index contributed by atoms with van der Waals surface area (Å²) in [6, 6.07) is 15.6. The Morgan fingerprint density at radius 2 is 1.69 bits per heavy atom. The molecule has 2 aromatic carbocycles. The molecule has 9 heteroatoms. The van der Waals surface area contributed by atoms with Crippen LogP contribution in [0.4, 0.5) is 0 Å². The molecule has 2 heterocycles. The smallest absolute Gasteiger partial charge is 0.246 e. The molecule has 0 saturated heterocycles. The average molecular weight is 473 g/mol. The van der Waals surface area contributed by atoms with Gasteiger partial charge in [-0.05, 0) is 67.3 Å². The van der Waals surface area contributed by atoms with Crippen LogP contribution in [0.25, 0.3) is 11.4 Å². The summed E-state index contributed by atoms with van der Waals surface area (Å²) in [7, 11) is 1.74. The minimum absolute atomic E-state index is 0.0303. The van der Waals surface area contributed by atoms with Gasteiger partial charge in [0.05, 0.1) is 24.8 Å². The highest BCUT2D eigenvalue weighted by molar-refractivity contribution is 6.07. The maximum atomic E-state index is 12.5. The quantitative estimate of drug-likeness (QED) is 0.374. The van der Waals surface area contributed by atoms with Crippen LogP contribution in [-0.4, -0.2) is 57.5 Å². The van der Waals surface area contributed by atoms with Crippen LogP contribution in [0.1, 0.15) is 31.2 Å². The van der Waals surface area contributed by atoms with Crippen molar-refractivity contribution in [2.24, 2.45) is 16.9 Å². The summed E-state index contributed by atoms with van der Waals surface area (Å²) in [5.41, 5.74) is 2.86. The van der Waals surface area contributed by atoms with Crippen molar-refractivity contribution in [2.75, 3.05) is 20.3 Å². The van der Waals surface area contributed by atoms with Gasteiger partial charge in [-0.3, -0.25) is 4.79 Å². The molecule has 1 N–H and O–H groups in total. The van der Waals surface area contributed by atoms with E-state index in [1.165, 1.54) is 5.01 Å². The number of hydrogen-bond donors (Lipinski definition) is 1. The first-order valence-electron chi connectivity index (χ1n) is 11.9. The van der Waals surface area contributed by atoms with E-state index in [0.29, 0.717) is 19.0 Å². The molecule has 0 saturated carbocycles. The molecule has 5 rings (SSSR count). The number of ether oxygens (including phenoxy) is 2. The third-order valence-corrected chi connectivity index (χ3v) is 6.34. The Bertz CT molecular complexity index is 1210. The van der Waals surface area contributed by atoms with E-state index in [4.69, 9.17) is 9.47 Å². The van der Waals surface area contributed by atoms with Gasteiger partial charge >= 0.3 is 0 Å². The molecule has 3 aromatic rings. The Balaban J connectivity index is 1.10. The van der Waals surface area contributed by atoms with Crippen molar-refractivity contribution < 1.29 is 14.3 Å². The van der Waals surface area contributed by atoms with Crippen LogP contribution < -0.4 is 9.47 Å². The molecule has 0 bridgehead atoms. The number of aromatic amines is 1. The van der Waals surface area contributed by atoms with Crippen LogP contribution in [0.3, 0.4) is 0 Å². The van der Waals surface area contributed by atoms with Gasteiger partial charge in [-0.1, -0.05) is 24.3 Å². The number of nitrogens with one attached hydrogen (secondary N) is 1. The molecule has 1 aliphatic heterocycles. The number of rotatable bonds is 9. The van der Waals surface area contributed by atoms with Gasteiger partial charge in [0, 0.05) is 24.1 Å². The Morgan fingerprint density at radius 1 is 0.943 bits per heavy atom. The molecule has 1 aliphatic carbocycles. The molecular weight excluding hydrogens is 444 g/mol. The molecule has 0 radical (unpaired) electrons. The van der Waals surface area contributed by atoms with E-state index in [2.05, 4.69) is 37.9 Å². The molecule has 1 amide bonds. The summed E-state index contributed by atoms with van der Waals surface area (Å²) >= 11 is 0. The largest absolute Gasteiger partial charge is 0.494 e. The fourth-order valence-electron chi connectivity index (χ4n) is 4.50. The Morgan fingerprint density at radius 3 is 2.43 bits per heavy atom. The Kier molecular flexibility index (Phi) is 6.83. The van der Waals surface area contributed by atoms with Crippen molar-refractivity contribution in [1.82, 2.24) is 25.6 Å². The van der Waals surface area contributed by atoms with Crippen LogP contribution in [0.5, 0.6) is 11.5 Å². The molecule has 0 fully saturated rings. The van der Waals surface area contributed by atoms with Gasteiger partial charge in [0.15, 0.2) is 0 Å². The topological polar surface area (TPSA) is 106 Å². The van der Waals surface area contributed by atoms with Gasteiger partial charge in [0.2, 0.25) is 11.7 Å². The zero-order chi connectivity index (χ0) is 24.0. The van der Waals surface area contributed by atoms with Crippen LogP contribution in [0, 0.1) is 11.8 Å². The van der Waals surface area contributed by atoms with Gasteiger partial charge < -0.3 is 9.47 Å². The first-order chi connectivity index (χ1) is 17.2. The molecule has 9 nitrogen and oxygen atoms in total. The second-order valence-electron chi connectivity index (χ2n) is 8.69. The Labute approximate surface area is 203 Å². The average Bonchev–Trinajstić information content (AvgIpc) is 3.44. The van der Waals surface area contributed by atoms with E-state index in [9.17, 15) is 4.79 Å². The lowest BCUT2D eigenvalue weighted by atomic mass is 9.76. The summed E-state index contributed by atoms with van der Waals surface area (Å²) in [5, 5.41) is 20.0. The number of H-pyrrole nitrogens is 1. The number of carbonyl (C=O) groups excluding carboxylic acids is 1. The van der Waals surface area contributed by atoms with Crippen molar-refractivity contribution in [3.8, 4) is 22.9 Å². The van der Waals surface area contributed by atoms with Gasteiger partial charge in [-0.15, -0.1) is 10.2 Å². The first-order valence-corrected chi connectivity index (χ1v) is 11.9. The molecule has 0 spiro atoms. The van der Waals surface area contributed by atoms with E-state index >= 15 is 0 Å². The number of hydrogen-bond acceptors (Lipinski definition) is 7. The standard InChI is InChI=1S/C26H28N6O3/c1-32-26(33)23-10-3-2-9-22(23)24(29-32)19-7-6-8-21(17-19)35-16-5-4-15-34-20-13-11-18(12-14-20)25-27-30-31-28-25/h2-3,6-8,11-14,17,22-23H,4-5,9-10,15-16H2,1H3,(H,27,28,30,31)/t22-,23+/m0/s1. The SMILES string of the molecule is CN1N=C(c2cccc(OCCCCOc3ccc(-c4nn[nH]n4)cc3)c2)[C@H]2CC=CC[C@H]2C1=O. The number of carbonyl (C=O) groups is 1. The third-order valence-electron chi connectivity index (χ3n) is 6.34. The molecule has 2 aliphatic rings. The number of tetrazole rings is 1. The third kappa shape index (κ3) is 5.24. The molecule has 1 aromatic heterocycles. The zero-order valence-corrected chi connectivity index (χ0v) is 19.6. The monoisotopic (exact) mass is 472 g/mol. The summed E-state index contributed by atoms with van der Waals surface area (Å²) in [5.74, 6) is 2.36. The van der Waals surface area contributed by atoms with Gasteiger partial charge in [-0.25, -0.2) is 5.01 Å². The molecule has 35 heavy (non-hydrogen) atoms. The van der Waals surface area contributed by atoms with E-state index in [1.807, 2.05) is 48.5 Å². The van der Waals surface area contributed by atoms with Crippen LogP contribution in [-0.2, 0) is 4.79 Å². The predicted octanol–water partition coefficient (Wildman–Crippen LogP) is 3.86. The predicted molar refractivity (Wildman–Crippen MR) is 131 cm³/mol. The zero-order valence-electron chi connectivity index (χ0n) is 19.6. The van der Waals surface area contributed by atoms with E-state index < -0.39 is 0 Å². The number of unbranched alkanes of at least 4 members (excludes halogenated alkanes) is 1. The summed E-state index contributed by atoms with van der Waals surface area (Å²) in [4.78, 5) is 12.5. The maximum Gasteiger partial charge on any atom is 0.246 e. The maximum absolute atomic E-state index is 12.5. The lowest BCUT2D eigenvalue weighted by Crippen LogP contribution is -2.43. The van der Waals surface area contributed by atoms with Crippen molar-refractivity contribution in [1.29, 1.82) is 0 Å². The van der Waals surface area contributed by atoms with Crippen molar-refractivity contribution in [3.63, 3.8) is 0 Å². The highest BCUT2D eigenvalue weighted by atomic mass is 16.5. The minimum Gasteiger partial charge on any atom is -0.494 e. The van der Waals surface area contributed by atoms with Crippen LogP contribution >= 0.6 is 0 Å². The van der Waals surface area contributed by atoms with Crippen LogP contribution in [0.15, 0.2) is 65.8 Å². The summed E-state index contributed by atoms with van der Waals surface area (Å²) < 4.78 is 11.8. The molecule has 2 atom stereocenters. The van der Waals surface area contributed by atoms with Crippen molar-refractivity contribution >= 4 is 11.6 Å². The summed E-state index contributed by atoms with van der Waals surface area (Å²) in [6.07, 6.45) is 7.62. The number of fused-ring (bicyclic) bond motifs is 1. The van der Waals surface area contributed by atoms with Gasteiger partial charge in [-0.2, -0.15) is 10.3 Å². The number of amides is 1. The lowest BCUT2D eigenvalue weighted by molar-refractivity contribution is -0.136. The second-order valence-corrected chi connectivity index (χ2v) is 8.69. The fourth-order valence-corrected chi connectivity index (χ4v) is 4.50. The van der Waals surface area contributed by atoms with E-state index in [-0.39, 0.29) is 17.7 Å². The highest BCUT2D eigenvalue weighted by Gasteiger charge is 2.38. The van der Waals surface area contributed by atoms with Gasteiger partial charge in [0.25, 0.3) is 0 Å². The van der Waals surface area contributed by atoms with Crippen molar-refractivity contribution in [2.45, 2.75) is 25.7 Å². The lowest BCUT2D eigenvalue weighted by Gasteiger charge is -2.35. The molecule has 180 valence electrons. The molecular formula is C26H28N6O3. The highest BCUT2D eigenvalue weighted by Crippen LogP contribution is 2.34. The van der Waals surface area contributed by atoms with Crippen LogP contribution in [0.2, 0.25) is 0 Å². The number of allylic oxidation sites excluding steroid dienone is 2. The second kappa shape index (κ2) is 10.5. The van der Waals surface area contributed by atoms with E-state index in [0.717, 1.165) is 54.0 Å².